The van der Waals surface area contributed by atoms with Gasteiger partial charge in [0, 0.05) is 31.1 Å². The largest absolute Gasteiger partial charge is 0.457 e. The molecule has 1 aromatic heterocycles. The number of alkyl halides is 3. The van der Waals surface area contributed by atoms with Gasteiger partial charge in [0.1, 0.15) is 23.6 Å². The lowest BCUT2D eigenvalue weighted by molar-refractivity contribution is -0.137. The number of carbonyl (C=O) groups excluding carboxylic acids is 3. The molecule has 0 saturated carbocycles. The lowest BCUT2D eigenvalue weighted by Gasteiger charge is -2.13. The van der Waals surface area contributed by atoms with Crippen molar-refractivity contribution in [3.05, 3.63) is 78.1 Å². The molecule has 3 N–H and O–H groups in total. The highest BCUT2D eigenvalue weighted by molar-refractivity contribution is 6.08. The van der Waals surface area contributed by atoms with Crippen molar-refractivity contribution in [2.75, 3.05) is 17.7 Å². The van der Waals surface area contributed by atoms with Gasteiger partial charge in [-0.25, -0.2) is 0 Å². The van der Waals surface area contributed by atoms with Crippen LogP contribution in [0.1, 0.15) is 22.5 Å². The minimum absolute atomic E-state index is 0.155. The van der Waals surface area contributed by atoms with E-state index < -0.39 is 35.7 Å². The fourth-order valence-electron chi connectivity index (χ4n) is 2.89. The number of pyridine rings is 1. The van der Waals surface area contributed by atoms with Gasteiger partial charge < -0.3 is 20.7 Å². The lowest BCUT2D eigenvalue weighted by Crippen LogP contribution is -2.22. The molecule has 0 saturated heterocycles. The number of halogens is 3. The minimum Gasteiger partial charge on any atom is -0.457 e. The molecular formula is C23H19F3N4O4. The molecule has 0 atom stereocenters. The van der Waals surface area contributed by atoms with Crippen LogP contribution in [0.2, 0.25) is 0 Å². The molecule has 11 heteroatoms. The Kier molecular flexibility index (Phi) is 7.46. The van der Waals surface area contributed by atoms with E-state index in [4.69, 9.17) is 4.74 Å². The van der Waals surface area contributed by atoms with Crippen LogP contribution in [0.4, 0.5) is 24.5 Å². The van der Waals surface area contributed by atoms with E-state index in [1.54, 1.807) is 24.3 Å². The zero-order valence-corrected chi connectivity index (χ0v) is 17.8. The van der Waals surface area contributed by atoms with Crippen LogP contribution in [0.25, 0.3) is 0 Å². The Morgan fingerprint density at radius 2 is 1.62 bits per heavy atom. The van der Waals surface area contributed by atoms with Crippen molar-refractivity contribution in [2.45, 2.75) is 12.6 Å². The molecule has 2 aromatic carbocycles. The standard InChI is InChI=1S/C23H19F3N4O4/c1-27-22(33)19-12-16(9-10-28-19)34-15-6-4-5-14(11-15)29-20(31)13-21(32)30-18-8-3-2-7-17(18)23(24,25)26/h2-12H,13H2,1H3,(H,27,33)(H,29,31)(H,30,32). The highest BCUT2D eigenvalue weighted by atomic mass is 19.4. The van der Waals surface area contributed by atoms with Crippen molar-refractivity contribution in [1.29, 1.82) is 0 Å². The second-order valence-corrected chi connectivity index (χ2v) is 6.90. The van der Waals surface area contributed by atoms with Gasteiger partial charge in [0.25, 0.3) is 5.91 Å². The van der Waals surface area contributed by atoms with Crippen LogP contribution in [0.5, 0.6) is 11.5 Å². The van der Waals surface area contributed by atoms with Crippen molar-refractivity contribution in [3.63, 3.8) is 0 Å². The topological polar surface area (TPSA) is 109 Å². The normalized spacial score (nSPS) is 10.8. The fraction of sp³-hybridized carbons (Fsp3) is 0.130. The molecule has 0 aliphatic heterocycles. The molecule has 34 heavy (non-hydrogen) atoms. The van der Waals surface area contributed by atoms with Crippen LogP contribution in [0.3, 0.4) is 0 Å². The van der Waals surface area contributed by atoms with Gasteiger partial charge >= 0.3 is 6.18 Å². The van der Waals surface area contributed by atoms with E-state index in [1.807, 2.05) is 0 Å². The summed E-state index contributed by atoms with van der Waals surface area (Å²) >= 11 is 0. The number of nitrogens with zero attached hydrogens (tertiary/aromatic N) is 1. The molecule has 0 spiro atoms. The maximum absolute atomic E-state index is 13.1. The molecule has 0 fully saturated rings. The summed E-state index contributed by atoms with van der Waals surface area (Å²) in [6.45, 7) is 0. The Morgan fingerprint density at radius 1 is 0.912 bits per heavy atom. The van der Waals surface area contributed by atoms with Gasteiger partial charge in [-0.3, -0.25) is 19.4 Å². The van der Waals surface area contributed by atoms with Gasteiger partial charge in [-0.15, -0.1) is 0 Å². The predicted octanol–water partition coefficient (Wildman–Crippen LogP) is 4.22. The van der Waals surface area contributed by atoms with Gasteiger partial charge in [0.2, 0.25) is 11.8 Å². The number of carbonyl (C=O) groups is 3. The average molecular weight is 472 g/mol. The van der Waals surface area contributed by atoms with Crippen molar-refractivity contribution >= 4 is 29.1 Å². The number of ether oxygens (including phenoxy) is 1. The zero-order chi connectivity index (χ0) is 24.7. The predicted molar refractivity (Wildman–Crippen MR) is 117 cm³/mol. The smallest absolute Gasteiger partial charge is 0.418 e. The van der Waals surface area contributed by atoms with Crippen LogP contribution in [-0.2, 0) is 15.8 Å². The van der Waals surface area contributed by atoms with Crippen molar-refractivity contribution < 1.29 is 32.3 Å². The molecule has 0 radical (unpaired) electrons. The Morgan fingerprint density at radius 3 is 2.35 bits per heavy atom. The number of hydrogen-bond donors (Lipinski definition) is 3. The first-order valence-corrected chi connectivity index (χ1v) is 9.87. The van der Waals surface area contributed by atoms with Gasteiger partial charge in [0.15, 0.2) is 0 Å². The number of rotatable bonds is 7. The molecular weight excluding hydrogens is 453 g/mol. The number of nitrogens with one attached hydrogen (secondary N) is 3. The SMILES string of the molecule is CNC(=O)c1cc(Oc2cccc(NC(=O)CC(=O)Nc3ccccc3C(F)(F)F)c2)ccn1. The minimum atomic E-state index is -4.65. The average Bonchev–Trinajstić information content (AvgIpc) is 2.78. The molecule has 8 nitrogen and oxygen atoms in total. The van der Waals surface area contributed by atoms with Crippen LogP contribution in [0.15, 0.2) is 66.9 Å². The summed E-state index contributed by atoms with van der Waals surface area (Å²) in [6, 6.07) is 13.7. The Hall–Kier alpha value is -4.41. The Balaban J connectivity index is 1.62. The molecule has 0 unspecified atom stereocenters. The summed E-state index contributed by atoms with van der Waals surface area (Å²) in [5.74, 6) is -1.36. The summed E-state index contributed by atoms with van der Waals surface area (Å²) < 4.78 is 44.9. The van der Waals surface area contributed by atoms with E-state index in [0.29, 0.717) is 17.2 Å². The van der Waals surface area contributed by atoms with E-state index in [9.17, 15) is 27.6 Å². The fourth-order valence-corrected chi connectivity index (χ4v) is 2.89. The molecule has 0 bridgehead atoms. The molecule has 0 aliphatic rings. The van der Waals surface area contributed by atoms with E-state index in [0.717, 1.165) is 12.1 Å². The van der Waals surface area contributed by atoms with Crippen LogP contribution < -0.4 is 20.7 Å². The monoisotopic (exact) mass is 472 g/mol. The lowest BCUT2D eigenvalue weighted by atomic mass is 10.1. The van der Waals surface area contributed by atoms with Gasteiger partial charge in [0.05, 0.1) is 11.3 Å². The van der Waals surface area contributed by atoms with E-state index in [1.165, 1.54) is 37.5 Å². The molecule has 3 aromatic rings. The number of amides is 3. The van der Waals surface area contributed by atoms with E-state index >= 15 is 0 Å². The Labute approximate surface area is 192 Å². The van der Waals surface area contributed by atoms with Crippen LogP contribution in [0, 0.1) is 0 Å². The summed E-state index contributed by atoms with van der Waals surface area (Å²) in [7, 11) is 1.47. The maximum Gasteiger partial charge on any atom is 0.418 e. The van der Waals surface area contributed by atoms with Crippen LogP contribution >= 0.6 is 0 Å². The van der Waals surface area contributed by atoms with Crippen molar-refractivity contribution in [3.8, 4) is 11.5 Å². The van der Waals surface area contributed by atoms with Crippen molar-refractivity contribution in [2.24, 2.45) is 0 Å². The summed E-state index contributed by atoms with van der Waals surface area (Å²) in [4.78, 5) is 40.0. The van der Waals surface area contributed by atoms with E-state index in [2.05, 4.69) is 20.9 Å². The van der Waals surface area contributed by atoms with Crippen LogP contribution in [-0.4, -0.2) is 29.8 Å². The number of benzene rings is 2. The zero-order valence-electron chi connectivity index (χ0n) is 17.8. The highest BCUT2D eigenvalue weighted by Gasteiger charge is 2.33. The molecule has 3 amide bonds. The summed E-state index contributed by atoms with van der Waals surface area (Å²) in [5, 5.41) is 7.06. The first kappa shape index (κ1) is 24.2. The van der Waals surface area contributed by atoms with Gasteiger partial charge in [-0.2, -0.15) is 13.2 Å². The second kappa shape index (κ2) is 10.5. The summed E-state index contributed by atoms with van der Waals surface area (Å²) in [6.07, 6.45) is -3.94. The third-order valence-electron chi connectivity index (χ3n) is 4.37. The first-order valence-electron chi connectivity index (χ1n) is 9.87. The van der Waals surface area contributed by atoms with E-state index in [-0.39, 0.29) is 11.6 Å². The number of para-hydroxylation sites is 1. The van der Waals surface area contributed by atoms with Gasteiger partial charge in [-0.05, 0) is 30.3 Å². The first-order chi connectivity index (χ1) is 16.2. The van der Waals surface area contributed by atoms with Crippen molar-refractivity contribution in [1.82, 2.24) is 10.3 Å². The molecule has 176 valence electrons. The Bertz CT molecular complexity index is 1210. The third-order valence-corrected chi connectivity index (χ3v) is 4.37. The molecule has 0 aliphatic carbocycles. The number of hydrogen-bond acceptors (Lipinski definition) is 5. The highest BCUT2D eigenvalue weighted by Crippen LogP contribution is 2.34. The maximum atomic E-state index is 13.1. The number of aromatic nitrogens is 1. The summed E-state index contributed by atoms with van der Waals surface area (Å²) in [5.41, 5.74) is -0.991. The molecule has 1 heterocycles. The second-order valence-electron chi connectivity index (χ2n) is 6.90. The quantitative estimate of drug-likeness (QED) is 0.446. The third kappa shape index (κ3) is 6.55. The number of anilines is 2. The van der Waals surface area contributed by atoms with Gasteiger partial charge in [-0.1, -0.05) is 18.2 Å². The molecule has 3 rings (SSSR count).